The molecule has 0 heterocycles. The van der Waals surface area contributed by atoms with Gasteiger partial charge in [-0.05, 0) is 6.92 Å². The summed E-state index contributed by atoms with van der Waals surface area (Å²) >= 11 is 0. The maximum absolute atomic E-state index is 11.7. The van der Waals surface area contributed by atoms with Gasteiger partial charge in [-0.25, -0.2) is 8.42 Å². The number of hydrogen-bond donors (Lipinski definition) is 2. The lowest BCUT2D eigenvalue weighted by Crippen LogP contribution is -2.43. The van der Waals surface area contributed by atoms with Gasteiger partial charge in [0.15, 0.2) is 0 Å². The van der Waals surface area contributed by atoms with E-state index in [0.29, 0.717) is 0 Å². The van der Waals surface area contributed by atoms with Gasteiger partial charge in [-0.2, -0.15) is 13.2 Å². The van der Waals surface area contributed by atoms with Crippen molar-refractivity contribution in [3.05, 3.63) is 0 Å². The molecule has 9 heteroatoms. The minimum Gasteiger partial charge on any atom is -0.346 e. The largest absolute Gasteiger partial charge is 0.405 e. The van der Waals surface area contributed by atoms with Crippen LogP contribution in [-0.4, -0.2) is 51.6 Å². The summed E-state index contributed by atoms with van der Waals surface area (Å²) in [7, 11) is -3.18. The van der Waals surface area contributed by atoms with Crippen molar-refractivity contribution in [3.63, 3.8) is 0 Å². The standard InChI is InChI=1S/C8H15F3N2O3S/c1-6(4-17(2,15)16)12-3-7(14)13-5-8(9,10)11/h6,12H,3-5H2,1-2H3,(H,13,14). The third kappa shape index (κ3) is 11.4. The quantitative estimate of drug-likeness (QED) is 0.697. The second-order valence-electron chi connectivity index (χ2n) is 3.77. The topological polar surface area (TPSA) is 75.3 Å². The third-order valence-corrected chi connectivity index (χ3v) is 2.76. The average molecular weight is 276 g/mol. The molecule has 5 nitrogen and oxygen atoms in total. The first kappa shape index (κ1) is 16.2. The lowest BCUT2D eigenvalue weighted by molar-refractivity contribution is -0.137. The predicted octanol–water partition coefficient (Wildman–Crippen LogP) is -0.312. The predicted molar refractivity (Wildman–Crippen MR) is 56.2 cm³/mol. The van der Waals surface area contributed by atoms with E-state index in [-0.39, 0.29) is 12.3 Å². The Kier molecular flexibility index (Phi) is 5.89. The summed E-state index contributed by atoms with van der Waals surface area (Å²) in [5, 5.41) is 4.18. The Balaban J connectivity index is 3.85. The van der Waals surface area contributed by atoms with E-state index in [4.69, 9.17) is 0 Å². The molecular weight excluding hydrogens is 261 g/mol. The van der Waals surface area contributed by atoms with Gasteiger partial charge < -0.3 is 10.6 Å². The number of alkyl halides is 3. The van der Waals surface area contributed by atoms with Crippen LogP contribution in [0.15, 0.2) is 0 Å². The van der Waals surface area contributed by atoms with Crippen molar-refractivity contribution in [2.45, 2.75) is 19.1 Å². The average Bonchev–Trinajstić information content (AvgIpc) is 2.07. The molecule has 0 spiro atoms. The van der Waals surface area contributed by atoms with E-state index in [0.717, 1.165) is 6.26 Å². The highest BCUT2D eigenvalue weighted by Crippen LogP contribution is 2.11. The number of carbonyl (C=O) groups excluding carboxylic acids is 1. The first-order valence-electron chi connectivity index (χ1n) is 4.74. The van der Waals surface area contributed by atoms with E-state index < -0.39 is 34.5 Å². The van der Waals surface area contributed by atoms with Gasteiger partial charge in [0.1, 0.15) is 16.4 Å². The Labute approximate surface area is 97.7 Å². The second-order valence-corrected chi connectivity index (χ2v) is 5.95. The summed E-state index contributed by atoms with van der Waals surface area (Å²) in [5.74, 6) is -1.01. The Hall–Kier alpha value is -0.830. The fourth-order valence-electron chi connectivity index (χ4n) is 1.04. The summed E-state index contributed by atoms with van der Waals surface area (Å²) < 4.78 is 56.9. The van der Waals surface area contributed by atoms with E-state index in [1.54, 1.807) is 5.32 Å². The van der Waals surface area contributed by atoms with Gasteiger partial charge in [-0.1, -0.05) is 0 Å². The Bertz CT molecular complexity index is 354. The molecule has 0 fully saturated rings. The summed E-state index contributed by atoms with van der Waals surface area (Å²) in [4.78, 5) is 10.9. The van der Waals surface area contributed by atoms with Crippen LogP contribution in [0.1, 0.15) is 6.92 Å². The van der Waals surface area contributed by atoms with Gasteiger partial charge >= 0.3 is 6.18 Å². The molecule has 0 saturated heterocycles. The number of halogens is 3. The highest BCUT2D eigenvalue weighted by molar-refractivity contribution is 7.90. The van der Waals surface area contributed by atoms with E-state index >= 15 is 0 Å². The smallest absolute Gasteiger partial charge is 0.346 e. The number of rotatable bonds is 6. The lowest BCUT2D eigenvalue weighted by atomic mass is 10.4. The monoisotopic (exact) mass is 276 g/mol. The van der Waals surface area contributed by atoms with Crippen LogP contribution in [-0.2, 0) is 14.6 Å². The van der Waals surface area contributed by atoms with Crippen molar-refractivity contribution in [1.82, 2.24) is 10.6 Å². The first-order valence-corrected chi connectivity index (χ1v) is 6.80. The van der Waals surface area contributed by atoms with Crippen LogP contribution >= 0.6 is 0 Å². The van der Waals surface area contributed by atoms with Crippen molar-refractivity contribution in [1.29, 1.82) is 0 Å². The molecule has 0 aliphatic rings. The van der Waals surface area contributed by atoms with Gasteiger partial charge in [0, 0.05) is 12.3 Å². The Morgan fingerprint density at radius 1 is 1.35 bits per heavy atom. The molecule has 0 aliphatic heterocycles. The van der Waals surface area contributed by atoms with Crippen molar-refractivity contribution in [3.8, 4) is 0 Å². The SMILES string of the molecule is CC(CS(C)(=O)=O)NCC(=O)NCC(F)(F)F. The zero-order valence-corrected chi connectivity index (χ0v) is 10.3. The Morgan fingerprint density at radius 2 is 1.88 bits per heavy atom. The molecule has 0 aromatic rings. The number of hydrogen-bond acceptors (Lipinski definition) is 4. The molecule has 1 amide bonds. The lowest BCUT2D eigenvalue weighted by Gasteiger charge is -2.13. The summed E-state index contributed by atoms with van der Waals surface area (Å²) in [6, 6.07) is -0.498. The van der Waals surface area contributed by atoms with E-state index in [2.05, 4.69) is 5.32 Å². The van der Waals surface area contributed by atoms with Crippen LogP contribution in [0.5, 0.6) is 0 Å². The number of amides is 1. The molecule has 0 aromatic heterocycles. The molecule has 1 unspecified atom stereocenters. The number of carbonyl (C=O) groups is 1. The maximum atomic E-state index is 11.7. The Morgan fingerprint density at radius 3 is 2.29 bits per heavy atom. The normalized spacial score (nSPS) is 14.4. The summed E-state index contributed by atoms with van der Waals surface area (Å²) in [6.07, 6.45) is -3.41. The van der Waals surface area contributed by atoms with Gasteiger partial charge in [-0.3, -0.25) is 4.79 Å². The van der Waals surface area contributed by atoms with E-state index in [9.17, 15) is 26.4 Å². The highest BCUT2D eigenvalue weighted by atomic mass is 32.2. The maximum Gasteiger partial charge on any atom is 0.405 e. The summed E-state index contributed by atoms with van der Waals surface area (Å²) in [5.41, 5.74) is 0. The van der Waals surface area contributed by atoms with Gasteiger partial charge in [0.2, 0.25) is 5.91 Å². The zero-order valence-electron chi connectivity index (χ0n) is 9.47. The number of sulfone groups is 1. The van der Waals surface area contributed by atoms with Gasteiger partial charge in [-0.15, -0.1) is 0 Å². The van der Waals surface area contributed by atoms with Crippen LogP contribution in [0.2, 0.25) is 0 Å². The minimum absolute atomic E-state index is 0.181. The molecule has 0 rings (SSSR count). The van der Waals surface area contributed by atoms with Crippen LogP contribution < -0.4 is 10.6 Å². The van der Waals surface area contributed by atoms with Crippen LogP contribution in [0.3, 0.4) is 0 Å². The second kappa shape index (κ2) is 6.20. The molecule has 1 atom stereocenters. The molecule has 0 aromatic carbocycles. The van der Waals surface area contributed by atoms with Crippen molar-refractivity contribution in [2.75, 3.05) is 25.1 Å². The molecular formula is C8H15F3N2O3S. The van der Waals surface area contributed by atoms with E-state index in [1.807, 2.05) is 0 Å². The molecule has 17 heavy (non-hydrogen) atoms. The van der Waals surface area contributed by atoms with Gasteiger partial charge in [0.25, 0.3) is 0 Å². The molecule has 0 aliphatic carbocycles. The van der Waals surface area contributed by atoms with Crippen LogP contribution in [0.25, 0.3) is 0 Å². The van der Waals surface area contributed by atoms with E-state index in [1.165, 1.54) is 6.92 Å². The fourth-order valence-corrected chi connectivity index (χ4v) is 2.07. The third-order valence-electron chi connectivity index (χ3n) is 1.65. The molecule has 0 saturated carbocycles. The van der Waals surface area contributed by atoms with Gasteiger partial charge in [0.05, 0.1) is 12.3 Å². The number of nitrogens with one attached hydrogen (secondary N) is 2. The van der Waals surface area contributed by atoms with Crippen molar-refractivity contribution in [2.24, 2.45) is 0 Å². The molecule has 0 bridgehead atoms. The fraction of sp³-hybridized carbons (Fsp3) is 0.875. The highest BCUT2D eigenvalue weighted by Gasteiger charge is 2.27. The van der Waals surface area contributed by atoms with Crippen molar-refractivity contribution < 1.29 is 26.4 Å². The minimum atomic E-state index is -4.45. The van der Waals surface area contributed by atoms with Crippen LogP contribution in [0, 0.1) is 0 Å². The molecule has 102 valence electrons. The van der Waals surface area contributed by atoms with Crippen molar-refractivity contribution >= 4 is 15.7 Å². The zero-order chi connectivity index (χ0) is 13.7. The first-order chi connectivity index (χ1) is 7.49. The molecule has 0 radical (unpaired) electrons. The van der Waals surface area contributed by atoms with Crippen LogP contribution in [0.4, 0.5) is 13.2 Å². The molecule has 2 N–H and O–H groups in total. The summed E-state index contributed by atoms with van der Waals surface area (Å²) in [6.45, 7) is -0.223.